The van der Waals surface area contributed by atoms with Gasteiger partial charge in [-0.25, -0.2) is 4.79 Å². The molecule has 0 saturated carbocycles. The summed E-state index contributed by atoms with van der Waals surface area (Å²) >= 11 is 0. The van der Waals surface area contributed by atoms with Gasteiger partial charge in [0.2, 0.25) is 0 Å². The summed E-state index contributed by atoms with van der Waals surface area (Å²) in [5, 5.41) is 0.611. The van der Waals surface area contributed by atoms with Crippen LogP contribution in [0, 0.1) is 6.92 Å². The summed E-state index contributed by atoms with van der Waals surface area (Å²) in [5.41, 5.74) is 3.13. The van der Waals surface area contributed by atoms with Crippen LogP contribution in [0.2, 0.25) is 0 Å². The van der Waals surface area contributed by atoms with E-state index in [2.05, 4.69) is 0 Å². The summed E-state index contributed by atoms with van der Waals surface area (Å²) in [6, 6.07) is 31.3. The highest BCUT2D eigenvalue weighted by atomic mass is 16.5. The van der Waals surface area contributed by atoms with Crippen LogP contribution in [-0.4, -0.2) is 11.8 Å². The van der Waals surface area contributed by atoms with Crippen LogP contribution in [0.1, 0.15) is 37.6 Å². The van der Waals surface area contributed by atoms with Crippen LogP contribution in [0.3, 0.4) is 0 Å². The summed E-state index contributed by atoms with van der Waals surface area (Å²) < 4.78 is 17.5. The largest absolute Gasteiger partial charge is 0.489 e. The number of furan rings is 1. The molecule has 0 aliphatic rings. The molecule has 1 heterocycles. The van der Waals surface area contributed by atoms with Gasteiger partial charge in [0.15, 0.2) is 5.78 Å². The zero-order valence-corrected chi connectivity index (χ0v) is 20.2. The summed E-state index contributed by atoms with van der Waals surface area (Å²) in [5.74, 6) is 0.726. The van der Waals surface area contributed by atoms with E-state index in [0.717, 1.165) is 5.56 Å². The summed E-state index contributed by atoms with van der Waals surface area (Å²) in [7, 11) is 0. The Morgan fingerprint density at radius 1 is 0.838 bits per heavy atom. The minimum Gasteiger partial charge on any atom is -0.489 e. The molecule has 0 bridgehead atoms. The molecule has 1 aromatic heterocycles. The first-order chi connectivity index (χ1) is 18.1. The van der Waals surface area contributed by atoms with Gasteiger partial charge in [0.25, 0.3) is 0 Å². The normalized spacial score (nSPS) is 11.1. The average Bonchev–Trinajstić information content (AvgIpc) is 3.27. The molecule has 0 fully saturated rings. The lowest BCUT2D eigenvalue weighted by Gasteiger charge is -2.08. The predicted molar refractivity (Wildman–Crippen MR) is 143 cm³/mol. The van der Waals surface area contributed by atoms with Crippen molar-refractivity contribution < 1.29 is 23.5 Å². The second-order valence-electron chi connectivity index (χ2n) is 8.46. The molecule has 0 atom stereocenters. The second kappa shape index (κ2) is 10.8. The molecule has 0 unspecified atom stereocenters. The number of ketones is 1. The highest BCUT2D eigenvalue weighted by Crippen LogP contribution is 2.31. The van der Waals surface area contributed by atoms with Gasteiger partial charge in [0.1, 0.15) is 35.0 Å². The lowest BCUT2D eigenvalue weighted by atomic mass is 10.1. The molecular formula is C32H24O5. The Balaban J connectivity index is 1.37. The topological polar surface area (TPSA) is 65.7 Å². The fourth-order valence-electron chi connectivity index (χ4n) is 4.01. The Bertz CT molecular complexity index is 1580. The van der Waals surface area contributed by atoms with E-state index in [1.54, 1.807) is 55.5 Å². The van der Waals surface area contributed by atoms with Crippen LogP contribution in [0.4, 0.5) is 0 Å². The third kappa shape index (κ3) is 5.52. The molecule has 5 nitrogen and oxygen atoms in total. The molecule has 0 saturated heterocycles. The first-order valence-electron chi connectivity index (χ1n) is 11.9. The zero-order valence-electron chi connectivity index (χ0n) is 20.2. The molecule has 5 rings (SSSR count). The predicted octanol–water partition coefficient (Wildman–Crippen LogP) is 7.44. The number of rotatable bonds is 8. The van der Waals surface area contributed by atoms with Crippen LogP contribution in [0.15, 0.2) is 114 Å². The van der Waals surface area contributed by atoms with Crippen molar-refractivity contribution in [1.29, 1.82) is 0 Å². The molecule has 0 N–H and O–H groups in total. The number of allylic oxidation sites excluding steroid dienone is 1. The molecule has 0 aliphatic heterocycles. The van der Waals surface area contributed by atoms with Crippen molar-refractivity contribution in [2.75, 3.05) is 0 Å². The molecule has 0 spiro atoms. The van der Waals surface area contributed by atoms with Crippen LogP contribution >= 0.6 is 0 Å². The number of para-hydroxylation sites is 1. The van der Waals surface area contributed by atoms with E-state index >= 15 is 0 Å². The van der Waals surface area contributed by atoms with Crippen molar-refractivity contribution in [1.82, 2.24) is 0 Å². The van der Waals surface area contributed by atoms with E-state index in [9.17, 15) is 9.59 Å². The van der Waals surface area contributed by atoms with Crippen molar-refractivity contribution in [2.45, 2.75) is 13.5 Å². The SMILES string of the molecule is Cc1oc2ccc(OCc3ccccc3)cc2c1C(=O)Oc1ccccc1C=CC(=O)c1ccccc1. The third-order valence-corrected chi connectivity index (χ3v) is 5.88. The fourth-order valence-corrected chi connectivity index (χ4v) is 4.01. The number of fused-ring (bicyclic) bond motifs is 1. The minimum absolute atomic E-state index is 0.138. The van der Waals surface area contributed by atoms with Gasteiger partial charge in [0.05, 0.1) is 0 Å². The van der Waals surface area contributed by atoms with Crippen molar-refractivity contribution >= 4 is 28.8 Å². The number of esters is 1. The molecule has 5 aromatic rings. The van der Waals surface area contributed by atoms with Gasteiger partial charge in [-0.1, -0.05) is 78.9 Å². The van der Waals surface area contributed by atoms with Crippen molar-refractivity contribution in [2.24, 2.45) is 0 Å². The van der Waals surface area contributed by atoms with Crippen molar-refractivity contribution in [3.63, 3.8) is 0 Å². The van der Waals surface area contributed by atoms with Gasteiger partial charge in [0, 0.05) is 16.5 Å². The number of carbonyl (C=O) groups excluding carboxylic acids is 2. The molecular weight excluding hydrogens is 464 g/mol. The Morgan fingerprint density at radius 3 is 2.32 bits per heavy atom. The molecule has 182 valence electrons. The maximum absolute atomic E-state index is 13.3. The first-order valence-corrected chi connectivity index (χ1v) is 11.9. The van der Waals surface area contributed by atoms with Crippen LogP contribution in [0.5, 0.6) is 11.5 Å². The molecule has 5 heteroatoms. The highest BCUT2D eigenvalue weighted by molar-refractivity contribution is 6.07. The van der Waals surface area contributed by atoms with Crippen molar-refractivity contribution in [3.05, 3.63) is 137 Å². The zero-order chi connectivity index (χ0) is 25.6. The number of benzene rings is 4. The standard InChI is InChI=1S/C32H24O5/c1-22-31(27-20-26(17-19-30(27)36-22)35-21-23-10-4-2-5-11-23)32(34)37-29-15-9-8-14-25(29)16-18-28(33)24-12-6-3-7-13-24/h2-20H,21H2,1H3. The number of hydrogen-bond acceptors (Lipinski definition) is 5. The second-order valence-corrected chi connectivity index (χ2v) is 8.46. The number of ether oxygens (including phenoxy) is 2. The lowest BCUT2D eigenvalue weighted by Crippen LogP contribution is -2.10. The van der Waals surface area contributed by atoms with Gasteiger partial charge >= 0.3 is 5.97 Å². The molecule has 0 amide bonds. The maximum atomic E-state index is 13.3. The van der Waals surface area contributed by atoms with Gasteiger partial charge in [-0.05, 0) is 48.9 Å². The van der Waals surface area contributed by atoms with E-state index < -0.39 is 5.97 Å². The van der Waals surface area contributed by atoms with Gasteiger partial charge in [-0.3, -0.25) is 4.79 Å². The van der Waals surface area contributed by atoms with Gasteiger partial charge in [-0.15, -0.1) is 0 Å². The number of aryl methyl sites for hydroxylation is 1. The lowest BCUT2D eigenvalue weighted by molar-refractivity contribution is 0.0734. The molecule has 4 aromatic carbocycles. The van der Waals surface area contributed by atoms with Crippen LogP contribution in [0.25, 0.3) is 17.0 Å². The van der Waals surface area contributed by atoms with E-state index in [1.807, 2.05) is 60.7 Å². The third-order valence-electron chi connectivity index (χ3n) is 5.88. The van der Waals surface area contributed by atoms with Gasteiger partial charge in [-0.2, -0.15) is 0 Å². The maximum Gasteiger partial charge on any atom is 0.347 e. The number of hydrogen-bond donors (Lipinski definition) is 0. The summed E-state index contributed by atoms with van der Waals surface area (Å²) in [4.78, 5) is 25.8. The Kier molecular flexibility index (Phi) is 6.95. The van der Waals surface area contributed by atoms with Crippen LogP contribution < -0.4 is 9.47 Å². The Hall–Kier alpha value is -4.90. The van der Waals surface area contributed by atoms with E-state index in [-0.39, 0.29) is 5.78 Å². The van der Waals surface area contributed by atoms with Crippen LogP contribution in [-0.2, 0) is 6.61 Å². The average molecular weight is 489 g/mol. The monoisotopic (exact) mass is 488 g/mol. The van der Waals surface area contributed by atoms with E-state index in [4.69, 9.17) is 13.9 Å². The highest BCUT2D eigenvalue weighted by Gasteiger charge is 2.21. The minimum atomic E-state index is -0.549. The molecule has 0 aliphatic carbocycles. The first kappa shape index (κ1) is 23.8. The Morgan fingerprint density at radius 2 is 1.54 bits per heavy atom. The quantitative estimate of drug-likeness (QED) is 0.0983. The van der Waals surface area contributed by atoms with Crippen molar-refractivity contribution in [3.8, 4) is 11.5 Å². The summed E-state index contributed by atoms with van der Waals surface area (Å²) in [6.07, 6.45) is 3.12. The van der Waals surface area contributed by atoms with E-state index in [1.165, 1.54) is 6.08 Å². The number of carbonyl (C=O) groups is 2. The van der Waals surface area contributed by atoms with Gasteiger partial charge < -0.3 is 13.9 Å². The smallest absolute Gasteiger partial charge is 0.347 e. The molecule has 0 radical (unpaired) electrons. The Labute approximate surface area is 214 Å². The van der Waals surface area contributed by atoms with E-state index in [0.29, 0.717) is 51.5 Å². The molecule has 37 heavy (non-hydrogen) atoms. The fraction of sp³-hybridized carbons (Fsp3) is 0.0625. The summed E-state index contributed by atoms with van der Waals surface area (Å²) in [6.45, 7) is 2.13.